The molecule has 0 aromatic heterocycles. The summed E-state index contributed by atoms with van der Waals surface area (Å²) >= 11 is 6.11. The molecule has 0 bridgehead atoms. The lowest BCUT2D eigenvalue weighted by atomic mass is 10.2. The van der Waals surface area contributed by atoms with Crippen molar-refractivity contribution in [3.63, 3.8) is 0 Å². The van der Waals surface area contributed by atoms with Gasteiger partial charge in [-0.25, -0.2) is 0 Å². The Morgan fingerprint density at radius 1 is 1.08 bits per heavy atom. The van der Waals surface area contributed by atoms with Crippen molar-refractivity contribution in [2.75, 3.05) is 43.1 Å². The summed E-state index contributed by atoms with van der Waals surface area (Å²) in [6.45, 7) is 4.30. The van der Waals surface area contributed by atoms with Gasteiger partial charge in [0, 0.05) is 37.6 Å². The number of nitrogens with one attached hydrogen (secondary N) is 2. The lowest BCUT2D eigenvalue weighted by Crippen LogP contribution is -2.36. The lowest BCUT2D eigenvalue weighted by Gasteiger charge is -2.30. The number of nitrogens with zero attached hydrogens (tertiary/aromatic N) is 1. The molecular weight excluding hydrogens is 350 g/mol. The van der Waals surface area contributed by atoms with Crippen molar-refractivity contribution >= 4 is 28.9 Å². The Bertz CT molecular complexity index is 733. The number of anilines is 2. The molecule has 2 aromatic rings. The molecule has 5 nitrogen and oxygen atoms in total. The van der Waals surface area contributed by atoms with Crippen LogP contribution in [0.25, 0.3) is 0 Å². The zero-order valence-corrected chi connectivity index (χ0v) is 15.5. The van der Waals surface area contributed by atoms with Crippen LogP contribution in [0.15, 0.2) is 48.5 Å². The van der Waals surface area contributed by atoms with Gasteiger partial charge in [0.25, 0.3) is 0 Å². The molecule has 1 fully saturated rings. The largest absolute Gasteiger partial charge is 0.383 e. The highest BCUT2D eigenvalue weighted by atomic mass is 35.5. The number of para-hydroxylation sites is 2. The van der Waals surface area contributed by atoms with Gasteiger partial charge in [-0.05, 0) is 23.8 Å². The maximum atomic E-state index is 12.1. The first kappa shape index (κ1) is 18.5. The average Bonchev–Trinajstić information content (AvgIpc) is 2.68. The predicted octanol–water partition coefficient (Wildman–Crippen LogP) is 3.30. The molecular formula is C20H24ClN3O2. The van der Waals surface area contributed by atoms with Crippen molar-refractivity contribution in [2.45, 2.75) is 13.0 Å². The molecule has 2 N–H and O–H groups in total. The fourth-order valence-electron chi connectivity index (χ4n) is 2.94. The molecule has 0 aliphatic carbocycles. The summed E-state index contributed by atoms with van der Waals surface area (Å²) in [7, 11) is 0. The molecule has 2 aromatic carbocycles. The van der Waals surface area contributed by atoms with E-state index in [0.717, 1.165) is 43.2 Å². The Morgan fingerprint density at radius 2 is 1.81 bits per heavy atom. The molecule has 1 saturated heterocycles. The Hall–Kier alpha value is -2.24. The van der Waals surface area contributed by atoms with Crippen molar-refractivity contribution in [2.24, 2.45) is 0 Å². The third kappa shape index (κ3) is 5.13. The van der Waals surface area contributed by atoms with Crippen LogP contribution in [0.1, 0.15) is 12.0 Å². The van der Waals surface area contributed by atoms with Crippen LogP contribution in [0.3, 0.4) is 0 Å². The van der Waals surface area contributed by atoms with Crippen LogP contribution in [0.5, 0.6) is 0 Å². The third-order valence-corrected chi connectivity index (χ3v) is 4.73. The lowest BCUT2D eigenvalue weighted by molar-refractivity contribution is -0.121. The molecule has 0 saturated carbocycles. The number of carbonyl (C=O) groups is 1. The first-order chi connectivity index (χ1) is 12.7. The van der Waals surface area contributed by atoms with Gasteiger partial charge in [0.2, 0.25) is 5.91 Å². The molecule has 3 rings (SSSR count). The maximum Gasteiger partial charge on any atom is 0.222 e. The highest BCUT2D eigenvalue weighted by molar-refractivity contribution is 6.31. The third-order valence-electron chi connectivity index (χ3n) is 4.36. The number of hydrogen-bond donors (Lipinski definition) is 2. The van der Waals surface area contributed by atoms with E-state index in [0.29, 0.717) is 24.5 Å². The van der Waals surface area contributed by atoms with Crippen LogP contribution in [-0.2, 0) is 16.1 Å². The van der Waals surface area contributed by atoms with Gasteiger partial charge in [0.05, 0.1) is 24.6 Å². The first-order valence-corrected chi connectivity index (χ1v) is 9.27. The molecule has 1 amide bonds. The first-order valence-electron chi connectivity index (χ1n) is 8.90. The minimum absolute atomic E-state index is 0.00118. The minimum Gasteiger partial charge on any atom is -0.383 e. The highest BCUT2D eigenvalue weighted by Gasteiger charge is 2.14. The van der Waals surface area contributed by atoms with E-state index < -0.39 is 0 Å². The second-order valence-electron chi connectivity index (χ2n) is 6.16. The van der Waals surface area contributed by atoms with Crippen molar-refractivity contribution in [1.82, 2.24) is 5.32 Å². The van der Waals surface area contributed by atoms with E-state index >= 15 is 0 Å². The summed E-state index contributed by atoms with van der Waals surface area (Å²) in [4.78, 5) is 14.4. The van der Waals surface area contributed by atoms with Gasteiger partial charge in [-0.1, -0.05) is 41.9 Å². The van der Waals surface area contributed by atoms with Crippen molar-refractivity contribution in [1.29, 1.82) is 0 Å². The normalized spacial score (nSPS) is 14.1. The van der Waals surface area contributed by atoms with E-state index in [1.807, 2.05) is 42.5 Å². The van der Waals surface area contributed by atoms with Crippen LogP contribution in [0.4, 0.5) is 11.4 Å². The molecule has 6 heteroatoms. The van der Waals surface area contributed by atoms with E-state index in [-0.39, 0.29) is 5.91 Å². The van der Waals surface area contributed by atoms with Gasteiger partial charge < -0.3 is 20.3 Å². The Kier molecular flexibility index (Phi) is 6.75. The number of rotatable bonds is 7. The van der Waals surface area contributed by atoms with Crippen molar-refractivity contribution in [3.8, 4) is 0 Å². The van der Waals surface area contributed by atoms with E-state index in [1.54, 1.807) is 0 Å². The van der Waals surface area contributed by atoms with Gasteiger partial charge >= 0.3 is 0 Å². The summed E-state index contributed by atoms with van der Waals surface area (Å²) in [5, 5.41) is 6.97. The topological polar surface area (TPSA) is 53.6 Å². The van der Waals surface area contributed by atoms with Gasteiger partial charge in [-0.2, -0.15) is 0 Å². The second kappa shape index (κ2) is 9.46. The van der Waals surface area contributed by atoms with Gasteiger partial charge in [-0.15, -0.1) is 0 Å². The average molecular weight is 374 g/mol. The minimum atomic E-state index is 0.00118. The van der Waals surface area contributed by atoms with Crippen LogP contribution < -0.4 is 15.5 Å². The van der Waals surface area contributed by atoms with Gasteiger partial charge in [-0.3, -0.25) is 4.79 Å². The number of morpholine rings is 1. The quantitative estimate of drug-likeness (QED) is 0.782. The standard InChI is InChI=1S/C20H24ClN3O2/c21-17-6-2-1-5-16(17)15-23-20(25)9-10-22-18-7-3-4-8-19(18)24-11-13-26-14-12-24/h1-8,22H,9-15H2,(H,23,25). The number of halogens is 1. The SMILES string of the molecule is O=C(CCNc1ccccc1N1CCOCC1)NCc1ccccc1Cl. The van der Waals surface area contributed by atoms with Crippen LogP contribution in [0, 0.1) is 0 Å². The molecule has 1 aliphatic rings. The Balaban J connectivity index is 1.47. The summed E-state index contributed by atoms with van der Waals surface area (Å²) < 4.78 is 5.42. The smallest absolute Gasteiger partial charge is 0.222 e. The van der Waals surface area contributed by atoms with E-state index in [2.05, 4.69) is 21.6 Å². The van der Waals surface area contributed by atoms with Crippen LogP contribution in [-0.4, -0.2) is 38.8 Å². The fraction of sp³-hybridized carbons (Fsp3) is 0.350. The molecule has 1 aliphatic heterocycles. The van der Waals surface area contributed by atoms with Crippen LogP contribution >= 0.6 is 11.6 Å². The number of benzene rings is 2. The molecule has 26 heavy (non-hydrogen) atoms. The Labute approximate surface area is 159 Å². The van der Waals surface area contributed by atoms with E-state index in [4.69, 9.17) is 16.3 Å². The maximum absolute atomic E-state index is 12.1. The number of carbonyl (C=O) groups excluding carboxylic acids is 1. The van der Waals surface area contributed by atoms with Crippen LogP contribution in [0.2, 0.25) is 5.02 Å². The number of hydrogen-bond acceptors (Lipinski definition) is 4. The monoisotopic (exact) mass is 373 g/mol. The molecule has 138 valence electrons. The summed E-state index contributed by atoms with van der Waals surface area (Å²) in [5.41, 5.74) is 3.13. The zero-order valence-electron chi connectivity index (χ0n) is 14.7. The highest BCUT2D eigenvalue weighted by Crippen LogP contribution is 2.26. The summed E-state index contributed by atoms with van der Waals surface area (Å²) in [6, 6.07) is 15.7. The second-order valence-corrected chi connectivity index (χ2v) is 6.57. The molecule has 0 atom stereocenters. The van der Waals surface area contributed by atoms with Crippen molar-refractivity contribution < 1.29 is 9.53 Å². The van der Waals surface area contributed by atoms with E-state index in [1.165, 1.54) is 0 Å². The molecule has 0 radical (unpaired) electrons. The zero-order chi connectivity index (χ0) is 18.2. The Morgan fingerprint density at radius 3 is 2.62 bits per heavy atom. The molecule has 0 spiro atoms. The molecule has 0 unspecified atom stereocenters. The summed E-state index contributed by atoms with van der Waals surface area (Å²) in [6.07, 6.45) is 0.405. The number of ether oxygens (including phenoxy) is 1. The molecule has 1 heterocycles. The predicted molar refractivity (Wildman–Crippen MR) is 106 cm³/mol. The van der Waals surface area contributed by atoms with Crippen molar-refractivity contribution in [3.05, 3.63) is 59.1 Å². The van der Waals surface area contributed by atoms with Gasteiger partial charge in [0.1, 0.15) is 0 Å². The summed E-state index contributed by atoms with van der Waals surface area (Å²) in [5.74, 6) is 0.00118. The van der Waals surface area contributed by atoms with E-state index in [9.17, 15) is 4.79 Å². The van der Waals surface area contributed by atoms with Gasteiger partial charge in [0.15, 0.2) is 0 Å². The fourth-order valence-corrected chi connectivity index (χ4v) is 3.14. The number of amides is 1.